The van der Waals surface area contributed by atoms with Crippen LogP contribution in [0.1, 0.15) is 30.5 Å². The molecular weight excluding hydrogens is 276 g/mol. The van der Waals surface area contributed by atoms with Crippen LogP contribution in [-0.2, 0) is 6.42 Å². The normalized spacial score (nSPS) is 12.6. The molecule has 1 atom stereocenters. The summed E-state index contributed by atoms with van der Waals surface area (Å²) in [5.41, 5.74) is 2.77. The zero-order chi connectivity index (χ0) is 14.5. The fourth-order valence-electron chi connectivity index (χ4n) is 2.71. The number of thiophene rings is 1. The van der Waals surface area contributed by atoms with Crippen LogP contribution in [0, 0.1) is 0 Å². The van der Waals surface area contributed by atoms with E-state index >= 15 is 0 Å². The van der Waals surface area contributed by atoms with Gasteiger partial charge in [-0.05, 0) is 58.8 Å². The maximum Gasteiger partial charge on any atom is 0.0367 e. The van der Waals surface area contributed by atoms with E-state index in [4.69, 9.17) is 0 Å². The molecule has 0 radical (unpaired) electrons. The molecule has 21 heavy (non-hydrogen) atoms. The molecule has 0 bridgehead atoms. The Morgan fingerprint density at radius 2 is 2.19 bits per heavy atom. The topological polar surface area (TPSA) is 24.9 Å². The first-order chi connectivity index (χ1) is 10.4. The summed E-state index contributed by atoms with van der Waals surface area (Å²) in [7, 11) is 0. The van der Waals surface area contributed by atoms with Crippen molar-refractivity contribution >= 4 is 22.1 Å². The highest BCUT2D eigenvalue weighted by Crippen LogP contribution is 2.27. The summed E-state index contributed by atoms with van der Waals surface area (Å²) in [6, 6.07) is 11.2. The quantitative estimate of drug-likeness (QED) is 0.720. The van der Waals surface area contributed by atoms with E-state index in [9.17, 15) is 0 Å². The zero-order valence-corrected chi connectivity index (χ0v) is 13.1. The average molecular weight is 296 g/mol. The van der Waals surface area contributed by atoms with E-state index in [1.807, 2.05) is 12.4 Å². The Bertz CT molecular complexity index is 686. The Balaban J connectivity index is 1.97. The van der Waals surface area contributed by atoms with Gasteiger partial charge in [0.05, 0.1) is 0 Å². The highest BCUT2D eigenvalue weighted by molar-refractivity contribution is 7.07. The van der Waals surface area contributed by atoms with Crippen molar-refractivity contribution in [2.24, 2.45) is 0 Å². The number of aromatic nitrogens is 1. The minimum absolute atomic E-state index is 0.352. The first-order valence-electron chi connectivity index (χ1n) is 7.45. The Morgan fingerprint density at radius 1 is 1.24 bits per heavy atom. The van der Waals surface area contributed by atoms with Gasteiger partial charge in [-0.3, -0.25) is 4.98 Å². The Hall–Kier alpha value is -1.71. The lowest BCUT2D eigenvalue weighted by Gasteiger charge is -2.20. The zero-order valence-electron chi connectivity index (χ0n) is 12.3. The fraction of sp³-hybridized carbons (Fsp3) is 0.278. The van der Waals surface area contributed by atoms with E-state index in [1.165, 1.54) is 21.9 Å². The lowest BCUT2D eigenvalue weighted by atomic mass is 9.95. The summed E-state index contributed by atoms with van der Waals surface area (Å²) in [5.74, 6) is 0. The van der Waals surface area contributed by atoms with Crippen LogP contribution in [0.3, 0.4) is 0 Å². The number of hydrogen-bond donors (Lipinski definition) is 1. The third kappa shape index (κ3) is 3.31. The van der Waals surface area contributed by atoms with Crippen LogP contribution >= 0.6 is 11.3 Å². The van der Waals surface area contributed by atoms with E-state index in [1.54, 1.807) is 11.3 Å². The Morgan fingerprint density at radius 3 is 3.00 bits per heavy atom. The molecule has 0 fully saturated rings. The van der Waals surface area contributed by atoms with Crippen molar-refractivity contribution in [1.29, 1.82) is 0 Å². The van der Waals surface area contributed by atoms with Gasteiger partial charge < -0.3 is 5.32 Å². The van der Waals surface area contributed by atoms with Gasteiger partial charge in [0.1, 0.15) is 0 Å². The Kier molecular flexibility index (Phi) is 4.63. The van der Waals surface area contributed by atoms with Crippen molar-refractivity contribution < 1.29 is 0 Å². The highest BCUT2D eigenvalue weighted by atomic mass is 32.1. The van der Waals surface area contributed by atoms with Crippen LogP contribution < -0.4 is 5.32 Å². The smallest absolute Gasteiger partial charge is 0.0367 e. The van der Waals surface area contributed by atoms with E-state index < -0.39 is 0 Å². The molecular formula is C18H20N2S. The van der Waals surface area contributed by atoms with E-state index in [2.05, 4.69) is 58.3 Å². The maximum atomic E-state index is 4.23. The molecule has 0 spiro atoms. The van der Waals surface area contributed by atoms with E-state index in [0.717, 1.165) is 19.4 Å². The van der Waals surface area contributed by atoms with Crippen molar-refractivity contribution in [3.05, 3.63) is 64.6 Å². The minimum Gasteiger partial charge on any atom is -0.310 e. The first-order valence-corrected chi connectivity index (χ1v) is 8.40. The van der Waals surface area contributed by atoms with Gasteiger partial charge in [0.25, 0.3) is 0 Å². The number of fused-ring (bicyclic) bond motifs is 1. The van der Waals surface area contributed by atoms with Crippen LogP contribution in [0.4, 0.5) is 0 Å². The molecule has 3 aromatic rings. The molecule has 3 rings (SSSR count). The molecule has 1 N–H and O–H groups in total. The molecule has 108 valence electrons. The molecule has 0 saturated carbocycles. The summed E-state index contributed by atoms with van der Waals surface area (Å²) in [5, 5.41) is 10.6. The molecule has 2 heterocycles. The lowest BCUT2D eigenvalue weighted by molar-refractivity contribution is 0.533. The summed E-state index contributed by atoms with van der Waals surface area (Å²) in [6.45, 7) is 3.25. The highest BCUT2D eigenvalue weighted by Gasteiger charge is 2.14. The molecule has 1 aromatic carbocycles. The van der Waals surface area contributed by atoms with Crippen molar-refractivity contribution in [2.75, 3.05) is 6.54 Å². The van der Waals surface area contributed by atoms with Gasteiger partial charge >= 0.3 is 0 Å². The number of benzene rings is 1. The molecule has 0 saturated heterocycles. The predicted molar refractivity (Wildman–Crippen MR) is 90.8 cm³/mol. The van der Waals surface area contributed by atoms with Crippen molar-refractivity contribution in [2.45, 2.75) is 25.8 Å². The number of pyridine rings is 1. The third-order valence-corrected chi connectivity index (χ3v) is 4.48. The average Bonchev–Trinajstić information content (AvgIpc) is 3.04. The molecule has 0 amide bonds. The van der Waals surface area contributed by atoms with Crippen LogP contribution in [0.5, 0.6) is 0 Å². The van der Waals surface area contributed by atoms with Crippen LogP contribution in [0.25, 0.3) is 10.8 Å². The monoisotopic (exact) mass is 296 g/mol. The van der Waals surface area contributed by atoms with Gasteiger partial charge in [-0.15, -0.1) is 0 Å². The number of nitrogens with one attached hydrogen (secondary N) is 1. The van der Waals surface area contributed by atoms with Gasteiger partial charge in [-0.1, -0.05) is 25.1 Å². The van der Waals surface area contributed by atoms with Gasteiger partial charge in [0.15, 0.2) is 0 Å². The first kappa shape index (κ1) is 14.2. The van der Waals surface area contributed by atoms with Gasteiger partial charge in [0, 0.05) is 23.8 Å². The summed E-state index contributed by atoms with van der Waals surface area (Å²) < 4.78 is 0. The SMILES string of the molecule is CCCNC(Cc1ccsc1)c1cccc2cnccc12. The number of rotatable bonds is 6. The van der Waals surface area contributed by atoms with E-state index in [-0.39, 0.29) is 0 Å². The minimum atomic E-state index is 0.352. The van der Waals surface area contributed by atoms with Crippen LogP contribution in [0.15, 0.2) is 53.5 Å². The van der Waals surface area contributed by atoms with E-state index in [0.29, 0.717) is 6.04 Å². The van der Waals surface area contributed by atoms with Crippen molar-refractivity contribution in [3.8, 4) is 0 Å². The van der Waals surface area contributed by atoms with Crippen molar-refractivity contribution in [3.63, 3.8) is 0 Å². The number of hydrogen-bond acceptors (Lipinski definition) is 3. The van der Waals surface area contributed by atoms with Crippen LogP contribution in [-0.4, -0.2) is 11.5 Å². The largest absolute Gasteiger partial charge is 0.310 e. The molecule has 0 aliphatic heterocycles. The molecule has 0 aliphatic carbocycles. The van der Waals surface area contributed by atoms with Crippen LogP contribution in [0.2, 0.25) is 0 Å². The molecule has 3 heteroatoms. The molecule has 0 aliphatic rings. The second-order valence-electron chi connectivity index (χ2n) is 5.29. The Labute approximate surface area is 129 Å². The molecule has 2 aromatic heterocycles. The summed E-state index contributed by atoms with van der Waals surface area (Å²) >= 11 is 1.77. The molecule has 1 unspecified atom stereocenters. The molecule has 2 nitrogen and oxygen atoms in total. The second kappa shape index (κ2) is 6.83. The summed E-state index contributed by atoms with van der Waals surface area (Å²) in [6.07, 6.45) is 6.00. The maximum absolute atomic E-state index is 4.23. The predicted octanol–water partition coefficient (Wildman–Crippen LogP) is 4.58. The third-order valence-electron chi connectivity index (χ3n) is 3.75. The fourth-order valence-corrected chi connectivity index (χ4v) is 3.39. The van der Waals surface area contributed by atoms with Gasteiger partial charge in [-0.25, -0.2) is 0 Å². The van der Waals surface area contributed by atoms with Crippen molar-refractivity contribution in [1.82, 2.24) is 10.3 Å². The van der Waals surface area contributed by atoms with Gasteiger partial charge in [0.2, 0.25) is 0 Å². The second-order valence-corrected chi connectivity index (χ2v) is 6.07. The summed E-state index contributed by atoms with van der Waals surface area (Å²) in [4.78, 5) is 4.23. The number of nitrogens with zero attached hydrogens (tertiary/aromatic N) is 1. The van der Waals surface area contributed by atoms with Gasteiger partial charge in [-0.2, -0.15) is 11.3 Å². The standard InChI is InChI=1S/C18H20N2S/c1-2-8-20-18(11-14-7-10-21-13-14)17-5-3-4-15-12-19-9-6-16(15)17/h3-7,9-10,12-13,18,20H,2,8,11H2,1H3. The lowest BCUT2D eigenvalue weighted by Crippen LogP contribution is -2.24.